The van der Waals surface area contributed by atoms with Gasteiger partial charge in [-0.3, -0.25) is 9.59 Å². The average molecular weight is 547 g/mol. The lowest BCUT2D eigenvalue weighted by molar-refractivity contribution is -0.118. The zero-order valence-electron chi connectivity index (χ0n) is 22.4. The van der Waals surface area contributed by atoms with E-state index in [1.165, 1.54) is 48.9 Å². The van der Waals surface area contributed by atoms with Crippen molar-refractivity contribution in [3.63, 3.8) is 0 Å². The molecule has 1 atom stereocenters. The molecule has 0 bridgehead atoms. The van der Waals surface area contributed by atoms with Gasteiger partial charge in [0.2, 0.25) is 5.91 Å². The third kappa shape index (κ3) is 9.58. The molecule has 206 valence electrons. The van der Waals surface area contributed by atoms with E-state index in [1.54, 1.807) is 11.0 Å². The Balaban J connectivity index is 0.00000223. The number of anilines is 3. The summed E-state index contributed by atoms with van der Waals surface area (Å²) in [5, 5.41) is 3.02. The molecule has 0 aliphatic carbocycles. The number of carbonyl (C=O) groups excluding carboxylic acids is 2. The number of amides is 2. The predicted octanol–water partition coefficient (Wildman–Crippen LogP) is 7.44. The van der Waals surface area contributed by atoms with Gasteiger partial charge >= 0.3 is 0 Å². The highest BCUT2D eigenvalue weighted by Crippen LogP contribution is 2.32. The molecule has 2 aromatic rings. The van der Waals surface area contributed by atoms with Crippen molar-refractivity contribution in [3.8, 4) is 0 Å². The van der Waals surface area contributed by atoms with Crippen LogP contribution in [0.4, 0.5) is 17.1 Å². The number of hydrogen-bond donors (Lipinski definition) is 2. The molecule has 1 unspecified atom stereocenters. The van der Waals surface area contributed by atoms with Crippen LogP contribution in [0.5, 0.6) is 0 Å². The fraction of sp³-hybridized carbons (Fsp3) is 0.517. The number of rotatable bonds is 12. The van der Waals surface area contributed by atoms with Gasteiger partial charge in [-0.15, -0.1) is 11.8 Å². The molecule has 1 aliphatic rings. The van der Waals surface area contributed by atoms with Crippen LogP contribution in [0.1, 0.15) is 77.1 Å². The van der Waals surface area contributed by atoms with E-state index in [1.807, 2.05) is 67.5 Å². The SMILES string of the molecule is C.CC.CCCCCCCSc1ccc(NC(=O)c2ccc(N3CCC(N)C3=O)cc2N(C)SC)cc1. The molecule has 1 aliphatic heterocycles. The molecule has 3 rings (SSSR count). The van der Waals surface area contributed by atoms with Crippen molar-refractivity contribution >= 4 is 52.6 Å². The third-order valence-electron chi connectivity index (χ3n) is 6.03. The summed E-state index contributed by atoms with van der Waals surface area (Å²) < 4.78 is 1.93. The highest BCUT2D eigenvalue weighted by Gasteiger charge is 2.30. The highest BCUT2D eigenvalue weighted by atomic mass is 32.2. The van der Waals surface area contributed by atoms with Crippen molar-refractivity contribution in [2.24, 2.45) is 5.73 Å². The minimum absolute atomic E-state index is 0. The summed E-state index contributed by atoms with van der Waals surface area (Å²) in [4.78, 5) is 28.4. The first-order valence-corrected chi connectivity index (χ1v) is 15.1. The number of benzene rings is 2. The fourth-order valence-electron chi connectivity index (χ4n) is 3.93. The Morgan fingerprint density at radius 1 is 1.11 bits per heavy atom. The Kier molecular flexibility index (Phi) is 15.4. The van der Waals surface area contributed by atoms with Crippen molar-refractivity contribution in [2.75, 3.05) is 40.1 Å². The van der Waals surface area contributed by atoms with Crippen molar-refractivity contribution in [1.82, 2.24) is 0 Å². The quantitative estimate of drug-likeness (QED) is 0.164. The summed E-state index contributed by atoms with van der Waals surface area (Å²) in [5.74, 6) is 0.869. The van der Waals surface area contributed by atoms with Gasteiger partial charge in [0.1, 0.15) is 0 Å². The molecule has 0 spiro atoms. The zero-order chi connectivity index (χ0) is 26.5. The van der Waals surface area contributed by atoms with E-state index < -0.39 is 6.04 Å². The molecule has 8 heteroatoms. The van der Waals surface area contributed by atoms with Crippen LogP contribution >= 0.6 is 23.7 Å². The van der Waals surface area contributed by atoms with Gasteiger partial charge in [0.15, 0.2) is 0 Å². The summed E-state index contributed by atoms with van der Waals surface area (Å²) in [6, 6.07) is 13.1. The molecule has 1 heterocycles. The van der Waals surface area contributed by atoms with Gasteiger partial charge in [0.05, 0.1) is 17.3 Å². The molecule has 2 aromatic carbocycles. The van der Waals surface area contributed by atoms with Gasteiger partial charge < -0.3 is 20.3 Å². The van der Waals surface area contributed by atoms with Gasteiger partial charge in [-0.25, -0.2) is 0 Å². The molecule has 0 aromatic heterocycles. The van der Waals surface area contributed by atoms with Crippen LogP contribution in [0.25, 0.3) is 0 Å². The Morgan fingerprint density at radius 2 is 1.78 bits per heavy atom. The number of thioether (sulfide) groups is 1. The van der Waals surface area contributed by atoms with E-state index in [-0.39, 0.29) is 19.2 Å². The third-order valence-corrected chi connectivity index (χ3v) is 7.87. The minimum Gasteiger partial charge on any atom is -0.322 e. The molecular formula is C29H46N4O2S2. The molecule has 37 heavy (non-hydrogen) atoms. The molecule has 0 saturated carbocycles. The average Bonchev–Trinajstić information content (AvgIpc) is 3.25. The van der Waals surface area contributed by atoms with E-state index in [2.05, 4.69) is 24.4 Å². The molecule has 1 saturated heterocycles. The molecule has 2 amide bonds. The molecule has 0 radical (unpaired) electrons. The van der Waals surface area contributed by atoms with E-state index >= 15 is 0 Å². The number of nitrogens with zero attached hydrogens (tertiary/aromatic N) is 2. The van der Waals surface area contributed by atoms with Crippen molar-refractivity contribution < 1.29 is 9.59 Å². The Labute approximate surface area is 233 Å². The van der Waals surface area contributed by atoms with E-state index in [0.717, 1.165) is 22.8 Å². The maximum atomic E-state index is 13.1. The molecule has 6 nitrogen and oxygen atoms in total. The lowest BCUT2D eigenvalue weighted by Crippen LogP contribution is -2.34. The highest BCUT2D eigenvalue weighted by molar-refractivity contribution is 8.00. The second kappa shape index (κ2) is 17.4. The first-order chi connectivity index (χ1) is 17.4. The standard InChI is InChI=1S/C26H36N4O2S2.C2H6.CH4/c1-4-5-6-7-8-17-34-21-12-9-19(10-13-21)28-25(31)22-14-11-20(18-24(22)29(2)33-3)30-16-15-23(27)26(30)32;1-2;/h9-14,18,23H,4-8,15-17,27H2,1-3H3,(H,28,31);1-2H3;1H4. The number of nitrogens with two attached hydrogens (primary N) is 1. The maximum absolute atomic E-state index is 13.1. The van der Waals surface area contributed by atoms with E-state index in [9.17, 15) is 9.59 Å². The van der Waals surface area contributed by atoms with Crippen LogP contribution in [-0.2, 0) is 4.79 Å². The number of carbonyl (C=O) groups is 2. The van der Waals surface area contributed by atoms with Crippen LogP contribution in [0.2, 0.25) is 0 Å². The summed E-state index contributed by atoms with van der Waals surface area (Å²) in [7, 11) is 1.91. The van der Waals surface area contributed by atoms with Crippen LogP contribution in [0.15, 0.2) is 47.4 Å². The topological polar surface area (TPSA) is 78.7 Å². The predicted molar refractivity (Wildman–Crippen MR) is 165 cm³/mol. The normalized spacial score (nSPS) is 14.5. The van der Waals surface area contributed by atoms with Crippen LogP contribution in [0.3, 0.4) is 0 Å². The minimum atomic E-state index is -0.452. The van der Waals surface area contributed by atoms with Crippen LogP contribution in [-0.4, -0.2) is 43.5 Å². The van der Waals surface area contributed by atoms with E-state index in [4.69, 9.17) is 5.73 Å². The van der Waals surface area contributed by atoms with Crippen molar-refractivity contribution in [2.45, 2.75) is 77.7 Å². The van der Waals surface area contributed by atoms with Crippen LogP contribution < -0.4 is 20.3 Å². The first kappa shape index (κ1) is 32.9. The second-order valence-electron chi connectivity index (χ2n) is 8.51. The number of unbranched alkanes of at least 4 members (excludes halogenated alkanes) is 4. The zero-order valence-corrected chi connectivity index (χ0v) is 24.0. The van der Waals surface area contributed by atoms with Gasteiger partial charge in [0, 0.05) is 36.1 Å². The Hall–Kier alpha value is -2.16. The van der Waals surface area contributed by atoms with Gasteiger partial charge in [0.25, 0.3) is 5.91 Å². The van der Waals surface area contributed by atoms with Crippen LogP contribution in [0, 0.1) is 0 Å². The van der Waals surface area contributed by atoms with Gasteiger partial charge in [-0.1, -0.05) is 65.8 Å². The van der Waals surface area contributed by atoms with Crippen molar-refractivity contribution in [1.29, 1.82) is 0 Å². The summed E-state index contributed by atoms with van der Waals surface area (Å²) >= 11 is 3.37. The lowest BCUT2D eigenvalue weighted by Gasteiger charge is -2.23. The Morgan fingerprint density at radius 3 is 2.38 bits per heavy atom. The summed E-state index contributed by atoms with van der Waals surface area (Å²) in [6.45, 7) is 6.83. The van der Waals surface area contributed by atoms with Gasteiger partial charge in [-0.2, -0.15) is 0 Å². The first-order valence-electron chi connectivity index (χ1n) is 13.0. The molecule has 1 fully saturated rings. The Bertz CT molecular complexity index is 969. The van der Waals surface area contributed by atoms with Gasteiger partial charge in [-0.05, 0) is 61.1 Å². The summed E-state index contributed by atoms with van der Waals surface area (Å²) in [5.41, 5.74) is 8.73. The smallest absolute Gasteiger partial charge is 0.257 e. The fourth-order valence-corrected chi connectivity index (χ4v) is 5.19. The molecule has 3 N–H and O–H groups in total. The maximum Gasteiger partial charge on any atom is 0.257 e. The lowest BCUT2D eigenvalue weighted by atomic mass is 10.1. The number of nitrogens with one attached hydrogen (secondary N) is 1. The van der Waals surface area contributed by atoms with Crippen molar-refractivity contribution in [3.05, 3.63) is 48.0 Å². The summed E-state index contributed by atoms with van der Waals surface area (Å²) in [6.07, 6.45) is 9.03. The second-order valence-corrected chi connectivity index (χ2v) is 10.6. The molecular weight excluding hydrogens is 500 g/mol. The largest absolute Gasteiger partial charge is 0.322 e. The monoisotopic (exact) mass is 546 g/mol. The number of hydrogen-bond acceptors (Lipinski definition) is 6. The van der Waals surface area contributed by atoms with E-state index in [0.29, 0.717) is 18.5 Å².